The van der Waals surface area contributed by atoms with Crippen LogP contribution in [0.1, 0.15) is 34.8 Å². The molecule has 0 saturated carbocycles. The highest BCUT2D eigenvalue weighted by atomic mass is 35.5. The highest BCUT2D eigenvalue weighted by molar-refractivity contribution is 7.19. The number of imidazole rings is 1. The largest absolute Gasteiger partial charge is 0.495 e. The Labute approximate surface area is 182 Å². The first kappa shape index (κ1) is 17.9. The molecule has 6 nitrogen and oxygen atoms in total. The molecule has 1 atom stereocenters. The Bertz CT molecular complexity index is 1310. The zero-order valence-electron chi connectivity index (χ0n) is 16.2. The second kappa shape index (κ2) is 6.82. The molecule has 150 valence electrons. The fourth-order valence-electron chi connectivity index (χ4n) is 4.34. The number of allylic oxidation sites excluding steroid dienone is 2. The first-order valence-corrected chi connectivity index (χ1v) is 11.0. The zero-order valence-corrected chi connectivity index (χ0v) is 17.8. The summed E-state index contributed by atoms with van der Waals surface area (Å²) in [5, 5.41) is 5.26. The summed E-state index contributed by atoms with van der Waals surface area (Å²) in [5.41, 5.74) is 3.86. The smallest absolute Gasteiger partial charge is 0.238 e. The van der Waals surface area contributed by atoms with Crippen LogP contribution in [0.5, 0.6) is 5.75 Å². The van der Waals surface area contributed by atoms with Crippen LogP contribution in [0.25, 0.3) is 21.7 Å². The van der Waals surface area contributed by atoms with Gasteiger partial charge in [0.1, 0.15) is 22.7 Å². The van der Waals surface area contributed by atoms with E-state index >= 15 is 0 Å². The van der Waals surface area contributed by atoms with Crippen LogP contribution in [0.4, 0.5) is 5.82 Å². The van der Waals surface area contributed by atoms with Crippen LogP contribution in [-0.4, -0.2) is 26.6 Å². The van der Waals surface area contributed by atoms with E-state index in [2.05, 4.69) is 16.4 Å². The highest BCUT2D eigenvalue weighted by Gasteiger charge is 2.39. The van der Waals surface area contributed by atoms with Crippen molar-refractivity contribution in [2.45, 2.75) is 25.3 Å². The molecule has 0 aliphatic heterocycles. The normalized spacial score (nSPS) is 16.7. The third-order valence-electron chi connectivity index (χ3n) is 5.78. The van der Waals surface area contributed by atoms with E-state index < -0.39 is 0 Å². The van der Waals surface area contributed by atoms with Crippen molar-refractivity contribution in [1.29, 1.82) is 0 Å². The number of halogens is 1. The van der Waals surface area contributed by atoms with Crippen LogP contribution in [-0.2, 0) is 6.54 Å². The lowest BCUT2D eigenvalue weighted by atomic mass is 9.80. The molecule has 2 aliphatic carbocycles. The van der Waals surface area contributed by atoms with E-state index in [-0.39, 0.29) is 0 Å². The van der Waals surface area contributed by atoms with Gasteiger partial charge in [0, 0.05) is 35.3 Å². The average Bonchev–Trinajstić information content (AvgIpc) is 3.47. The van der Waals surface area contributed by atoms with Gasteiger partial charge in [0.25, 0.3) is 0 Å². The van der Waals surface area contributed by atoms with Crippen molar-refractivity contribution in [3.05, 3.63) is 64.0 Å². The van der Waals surface area contributed by atoms with Gasteiger partial charge < -0.3 is 10.1 Å². The molecular weight excluding hydrogens is 418 g/mol. The average molecular weight is 436 g/mol. The molecule has 0 spiro atoms. The van der Waals surface area contributed by atoms with E-state index in [4.69, 9.17) is 26.3 Å². The second-order valence-electron chi connectivity index (χ2n) is 7.48. The summed E-state index contributed by atoms with van der Waals surface area (Å²) in [6.07, 6.45) is 10.1. The Morgan fingerprint density at radius 2 is 2.27 bits per heavy atom. The second-order valence-corrected chi connectivity index (χ2v) is 8.91. The third-order valence-corrected chi connectivity index (χ3v) is 7.27. The first-order chi connectivity index (χ1) is 14.7. The maximum Gasteiger partial charge on any atom is 0.238 e. The van der Waals surface area contributed by atoms with Crippen LogP contribution < -0.4 is 10.1 Å². The summed E-state index contributed by atoms with van der Waals surface area (Å²) < 4.78 is 7.10. The van der Waals surface area contributed by atoms with Gasteiger partial charge in [0.2, 0.25) is 5.95 Å². The van der Waals surface area contributed by atoms with Crippen molar-refractivity contribution in [3.8, 4) is 11.7 Å². The third kappa shape index (κ3) is 2.66. The predicted molar refractivity (Wildman–Crippen MR) is 120 cm³/mol. The summed E-state index contributed by atoms with van der Waals surface area (Å²) in [7, 11) is 1.62. The van der Waals surface area contributed by atoms with Gasteiger partial charge >= 0.3 is 0 Å². The lowest BCUT2D eigenvalue weighted by Gasteiger charge is -2.26. The van der Waals surface area contributed by atoms with E-state index in [0.29, 0.717) is 29.2 Å². The lowest BCUT2D eigenvalue weighted by Crippen LogP contribution is -2.11. The van der Waals surface area contributed by atoms with Gasteiger partial charge in [-0.2, -0.15) is 4.98 Å². The summed E-state index contributed by atoms with van der Waals surface area (Å²) in [6.45, 7) is 0.603. The number of aromatic nitrogens is 4. The van der Waals surface area contributed by atoms with Crippen molar-refractivity contribution >= 4 is 44.5 Å². The molecule has 2 aliphatic rings. The fourth-order valence-corrected chi connectivity index (χ4v) is 5.96. The molecule has 3 aromatic heterocycles. The molecule has 8 heteroatoms. The predicted octanol–water partition coefficient (Wildman–Crippen LogP) is 5.43. The molecule has 0 amide bonds. The summed E-state index contributed by atoms with van der Waals surface area (Å²) >= 11 is 8.10. The maximum absolute atomic E-state index is 6.30. The molecule has 1 unspecified atom stereocenters. The van der Waals surface area contributed by atoms with Gasteiger partial charge in [-0.3, -0.25) is 4.57 Å². The Morgan fingerprint density at radius 1 is 1.33 bits per heavy atom. The van der Waals surface area contributed by atoms with Crippen molar-refractivity contribution in [3.63, 3.8) is 0 Å². The van der Waals surface area contributed by atoms with Gasteiger partial charge in [0.15, 0.2) is 0 Å². The SMILES string of the molecule is COc1ccc(CNc2nc(-n3ccnc3)nc3sc4c(c23)C2=CCCC24)cc1Cl. The van der Waals surface area contributed by atoms with E-state index in [1.807, 2.05) is 29.0 Å². The quantitative estimate of drug-likeness (QED) is 0.453. The van der Waals surface area contributed by atoms with Gasteiger partial charge in [-0.15, -0.1) is 11.3 Å². The molecule has 0 fully saturated rings. The minimum Gasteiger partial charge on any atom is -0.495 e. The van der Waals surface area contributed by atoms with Crippen LogP contribution in [0.15, 0.2) is 43.0 Å². The number of methoxy groups -OCH3 is 1. The van der Waals surface area contributed by atoms with E-state index in [1.54, 1.807) is 31.0 Å². The van der Waals surface area contributed by atoms with E-state index in [1.165, 1.54) is 22.4 Å². The molecule has 3 heterocycles. The number of benzene rings is 1. The molecule has 1 aromatic carbocycles. The minimum atomic E-state index is 0.587. The zero-order chi connectivity index (χ0) is 20.2. The number of ether oxygens (including phenoxy) is 1. The number of fused-ring (bicyclic) bond motifs is 6. The van der Waals surface area contributed by atoms with E-state index in [9.17, 15) is 0 Å². The van der Waals surface area contributed by atoms with E-state index in [0.717, 1.165) is 28.0 Å². The summed E-state index contributed by atoms with van der Waals surface area (Å²) in [5.74, 6) is 2.73. The fraction of sp³-hybridized carbons (Fsp3) is 0.227. The number of hydrogen-bond donors (Lipinski definition) is 1. The number of nitrogens with one attached hydrogen (secondary N) is 1. The van der Waals surface area contributed by atoms with Crippen molar-refractivity contribution in [2.75, 3.05) is 12.4 Å². The molecule has 6 rings (SSSR count). The van der Waals surface area contributed by atoms with Crippen LogP contribution in [0.2, 0.25) is 5.02 Å². The number of thiophene rings is 1. The number of nitrogens with zero attached hydrogens (tertiary/aromatic N) is 4. The number of hydrogen-bond acceptors (Lipinski definition) is 6. The topological polar surface area (TPSA) is 64.9 Å². The molecule has 0 radical (unpaired) electrons. The Kier molecular flexibility index (Phi) is 4.07. The van der Waals surface area contributed by atoms with Crippen LogP contribution in [0.3, 0.4) is 0 Å². The minimum absolute atomic E-state index is 0.587. The summed E-state index contributed by atoms with van der Waals surface area (Å²) in [6, 6.07) is 5.81. The maximum atomic E-state index is 6.30. The number of anilines is 1. The molecular formula is C22H18ClN5OS. The Morgan fingerprint density at radius 3 is 3.07 bits per heavy atom. The van der Waals surface area contributed by atoms with Crippen molar-refractivity contribution in [2.24, 2.45) is 0 Å². The molecule has 0 saturated heterocycles. The summed E-state index contributed by atoms with van der Waals surface area (Å²) in [4.78, 5) is 16.3. The van der Waals surface area contributed by atoms with Gasteiger partial charge in [0.05, 0.1) is 17.5 Å². The van der Waals surface area contributed by atoms with Crippen molar-refractivity contribution in [1.82, 2.24) is 19.5 Å². The monoisotopic (exact) mass is 435 g/mol. The standard InChI is InChI=1S/C22H18ClN5OS/c1-29-16-6-5-12(9-15(16)23)10-25-20-18-17-13-3-2-4-14(13)19(17)30-21(18)27-22(26-20)28-8-7-24-11-28/h3,5-9,11,14H,2,4,10H2,1H3,(H,25,26,27). The van der Waals surface area contributed by atoms with Gasteiger partial charge in [-0.05, 0) is 36.1 Å². The molecule has 1 N–H and O–H groups in total. The molecule has 30 heavy (non-hydrogen) atoms. The van der Waals surface area contributed by atoms with Crippen LogP contribution in [0, 0.1) is 0 Å². The van der Waals surface area contributed by atoms with Crippen LogP contribution >= 0.6 is 22.9 Å². The molecule has 4 aromatic rings. The Balaban J connectivity index is 1.43. The van der Waals surface area contributed by atoms with Gasteiger partial charge in [-0.1, -0.05) is 23.7 Å². The van der Waals surface area contributed by atoms with Crippen molar-refractivity contribution < 1.29 is 4.74 Å². The first-order valence-electron chi connectivity index (χ1n) is 9.82. The number of rotatable bonds is 5. The lowest BCUT2D eigenvalue weighted by molar-refractivity contribution is 0.415. The van der Waals surface area contributed by atoms with Gasteiger partial charge in [-0.25, -0.2) is 9.97 Å². The molecule has 0 bridgehead atoms. The Hall–Kier alpha value is -2.90. The highest BCUT2D eigenvalue weighted by Crippen LogP contribution is 2.59.